The third-order valence-electron chi connectivity index (χ3n) is 7.00. The number of amides is 1. The Bertz CT molecular complexity index is 1010. The number of carbonyl (C=O) groups is 3. The predicted molar refractivity (Wildman–Crippen MR) is 165 cm³/mol. The molecule has 0 heterocycles. The number of aliphatic carboxylic acids is 2. The van der Waals surface area contributed by atoms with Gasteiger partial charge in [0.1, 0.15) is 0 Å². The lowest BCUT2D eigenvalue weighted by molar-refractivity contribution is -0.139. The summed E-state index contributed by atoms with van der Waals surface area (Å²) in [6, 6.07) is 5.81. The minimum atomic E-state index is -0.893. The van der Waals surface area contributed by atoms with Crippen LogP contribution in [-0.2, 0) is 20.9 Å². The monoisotopic (exact) mass is 592 g/mol. The lowest BCUT2D eigenvalue weighted by Crippen LogP contribution is -2.46. The number of carboxylic acid groups (broad SMARTS) is 2. The van der Waals surface area contributed by atoms with E-state index in [2.05, 4.69) is 35.1 Å². The Morgan fingerprint density at radius 2 is 1.48 bits per heavy atom. The maximum Gasteiger partial charge on any atom is 0.317 e. The first kappa shape index (κ1) is 36.8. The summed E-state index contributed by atoms with van der Waals surface area (Å²) in [5.41, 5.74) is 8.35. The van der Waals surface area contributed by atoms with Crippen molar-refractivity contribution < 1.29 is 24.6 Å². The molecule has 0 saturated heterocycles. The Morgan fingerprint density at radius 3 is 1.98 bits per heavy atom. The van der Waals surface area contributed by atoms with E-state index >= 15 is 0 Å². The van der Waals surface area contributed by atoms with Gasteiger partial charge in [-0.05, 0) is 56.5 Å². The quantitative estimate of drug-likeness (QED) is 0.0488. The summed E-state index contributed by atoms with van der Waals surface area (Å²) in [7, 11) is 1.71. The maximum atomic E-state index is 13.1. The molecular weight excluding hydrogens is 540 g/mol. The fourth-order valence-electron chi connectivity index (χ4n) is 4.54. The molecule has 1 rings (SSSR count). The second-order valence-corrected chi connectivity index (χ2v) is 10.8. The average Bonchev–Trinajstić information content (AvgIpc) is 2.93. The maximum absolute atomic E-state index is 13.1. The van der Waals surface area contributed by atoms with Crippen molar-refractivity contribution in [3.63, 3.8) is 0 Å². The molecular formula is C29H52N8O5. The molecule has 0 saturated carbocycles. The van der Waals surface area contributed by atoms with Crippen LogP contribution in [0.2, 0.25) is 0 Å². The number of nitrogens with two attached hydrogens (primary N) is 1. The Kier molecular flexibility index (Phi) is 18.0. The van der Waals surface area contributed by atoms with Crippen molar-refractivity contribution in [1.82, 2.24) is 30.9 Å². The molecule has 0 aliphatic heterocycles. The van der Waals surface area contributed by atoms with E-state index in [0.717, 1.165) is 36.0 Å². The number of hydrazine groups is 1. The van der Waals surface area contributed by atoms with Gasteiger partial charge in [0.2, 0.25) is 5.91 Å². The van der Waals surface area contributed by atoms with Gasteiger partial charge in [-0.15, -0.1) is 0 Å². The largest absolute Gasteiger partial charge is 0.480 e. The van der Waals surface area contributed by atoms with Crippen LogP contribution in [0.5, 0.6) is 0 Å². The van der Waals surface area contributed by atoms with Crippen molar-refractivity contribution in [2.75, 3.05) is 66.0 Å². The summed E-state index contributed by atoms with van der Waals surface area (Å²) in [6.07, 6.45) is 2.74. The molecule has 7 N–H and O–H groups in total. The number of carboxylic acids is 2. The van der Waals surface area contributed by atoms with Gasteiger partial charge in [0.05, 0.1) is 19.6 Å². The van der Waals surface area contributed by atoms with E-state index in [1.165, 1.54) is 0 Å². The highest BCUT2D eigenvalue weighted by Crippen LogP contribution is 2.11. The number of benzene rings is 1. The van der Waals surface area contributed by atoms with E-state index in [-0.39, 0.29) is 25.5 Å². The zero-order chi connectivity index (χ0) is 31.5. The molecule has 0 bridgehead atoms. The molecule has 1 atom stereocenters. The highest BCUT2D eigenvalue weighted by Gasteiger charge is 2.18. The predicted octanol–water partition coefficient (Wildman–Crippen LogP) is 0.877. The summed E-state index contributed by atoms with van der Waals surface area (Å²) in [6.45, 7) is 11.7. The second kappa shape index (κ2) is 20.6. The second-order valence-electron chi connectivity index (χ2n) is 10.8. The number of carbonyl (C=O) groups excluding carboxylic acids is 1. The van der Waals surface area contributed by atoms with E-state index in [0.29, 0.717) is 57.6 Å². The highest BCUT2D eigenvalue weighted by atomic mass is 16.4. The van der Waals surface area contributed by atoms with Crippen molar-refractivity contribution in [1.29, 1.82) is 0 Å². The molecule has 0 aliphatic carbocycles. The van der Waals surface area contributed by atoms with Crippen molar-refractivity contribution in [3.05, 3.63) is 34.9 Å². The highest BCUT2D eigenvalue weighted by molar-refractivity contribution is 5.98. The van der Waals surface area contributed by atoms with Crippen LogP contribution < -0.4 is 22.0 Å². The van der Waals surface area contributed by atoms with Crippen LogP contribution >= 0.6 is 0 Å². The molecule has 1 aromatic rings. The summed E-state index contributed by atoms with van der Waals surface area (Å²) in [5.74, 6) is 4.52. The average molecular weight is 593 g/mol. The van der Waals surface area contributed by atoms with Crippen LogP contribution in [0.15, 0.2) is 23.3 Å². The molecule has 0 spiro atoms. The number of aryl methyl sites for hydroxylation is 1. The molecule has 0 unspecified atom stereocenters. The van der Waals surface area contributed by atoms with Gasteiger partial charge in [-0.25, -0.2) is 5.43 Å². The van der Waals surface area contributed by atoms with Crippen molar-refractivity contribution in [2.24, 2.45) is 16.9 Å². The number of hydrazone groups is 1. The number of nitrogens with zero attached hydrogens (tertiary/aromatic N) is 4. The van der Waals surface area contributed by atoms with Gasteiger partial charge < -0.3 is 26.8 Å². The Hall–Kier alpha value is -3.26. The zero-order valence-electron chi connectivity index (χ0n) is 26.0. The fourth-order valence-corrected chi connectivity index (χ4v) is 4.54. The van der Waals surface area contributed by atoms with Gasteiger partial charge in [-0.3, -0.25) is 29.1 Å². The Morgan fingerprint density at radius 1 is 0.905 bits per heavy atom. The van der Waals surface area contributed by atoms with E-state index in [4.69, 9.17) is 5.84 Å². The summed E-state index contributed by atoms with van der Waals surface area (Å²) < 4.78 is 0. The third kappa shape index (κ3) is 15.7. The molecule has 1 amide bonds. The van der Waals surface area contributed by atoms with Gasteiger partial charge in [0.25, 0.3) is 0 Å². The van der Waals surface area contributed by atoms with Gasteiger partial charge in [0.15, 0.2) is 5.84 Å². The van der Waals surface area contributed by atoms with Crippen LogP contribution in [0.25, 0.3) is 0 Å². The molecule has 0 fully saturated rings. The van der Waals surface area contributed by atoms with Gasteiger partial charge >= 0.3 is 11.9 Å². The Labute approximate surface area is 250 Å². The summed E-state index contributed by atoms with van der Waals surface area (Å²) >= 11 is 0. The number of hydrogen-bond acceptors (Lipinski definition) is 9. The summed E-state index contributed by atoms with van der Waals surface area (Å²) in [5, 5.41) is 25.5. The molecule has 13 heteroatoms. The van der Waals surface area contributed by atoms with Crippen molar-refractivity contribution >= 4 is 23.7 Å². The molecule has 0 radical (unpaired) electrons. The molecule has 0 aromatic heterocycles. The number of nitrogens with one attached hydrogen (secondary N) is 3. The summed E-state index contributed by atoms with van der Waals surface area (Å²) in [4.78, 5) is 41.6. The lowest BCUT2D eigenvalue weighted by Gasteiger charge is -2.29. The van der Waals surface area contributed by atoms with Crippen LogP contribution in [0.4, 0.5) is 0 Å². The van der Waals surface area contributed by atoms with Crippen LogP contribution in [0.3, 0.4) is 0 Å². The lowest BCUT2D eigenvalue weighted by atomic mass is 10.1. The van der Waals surface area contributed by atoms with Crippen molar-refractivity contribution in [3.8, 4) is 0 Å². The van der Waals surface area contributed by atoms with Crippen LogP contribution in [0, 0.1) is 12.8 Å². The van der Waals surface area contributed by atoms with Crippen molar-refractivity contribution in [2.45, 2.75) is 53.5 Å². The topological polar surface area (TPSA) is 176 Å². The minimum Gasteiger partial charge on any atom is -0.480 e. The number of hydrogen-bond donors (Lipinski definition) is 6. The Balaban J connectivity index is 2.96. The van der Waals surface area contributed by atoms with E-state index in [9.17, 15) is 24.6 Å². The number of rotatable bonds is 22. The first-order valence-corrected chi connectivity index (χ1v) is 14.7. The normalized spacial score (nSPS) is 12.6. The smallest absolute Gasteiger partial charge is 0.317 e. The first-order valence-electron chi connectivity index (χ1n) is 14.7. The fraction of sp³-hybridized carbons (Fsp3) is 0.655. The molecule has 238 valence electrons. The van der Waals surface area contributed by atoms with Crippen LogP contribution in [0.1, 0.15) is 56.7 Å². The molecule has 42 heavy (non-hydrogen) atoms. The van der Waals surface area contributed by atoms with E-state index < -0.39 is 11.9 Å². The van der Waals surface area contributed by atoms with Gasteiger partial charge in [0, 0.05) is 45.3 Å². The van der Waals surface area contributed by atoms with Gasteiger partial charge in [-0.1, -0.05) is 38.8 Å². The third-order valence-corrected chi connectivity index (χ3v) is 7.00. The van der Waals surface area contributed by atoms with E-state index in [1.807, 2.05) is 46.7 Å². The minimum absolute atomic E-state index is 0.0658. The zero-order valence-corrected chi connectivity index (χ0v) is 26.0. The number of amidine groups is 1. The molecule has 13 nitrogen and oxygen atoms in total. The standard InChI is InChI=1S/C29H52N8O5/c1-6-9-35(20-27(39)40)11-13-37(14-12-36(21-28(41)42)10-8-22(3)7-2)19-26(38)32-18-24-15-23(4)16-25(17-24)29(33-30)34-31-5/h15-17,22,31H,6-14,18-21,30H2,1-5H3,(H,32,38)(H,33,34)(H,39,40)(H,41,42)/t22-/m1/s1. The van der Waals surface area contributed by atoms with E-state index in [1.54, 1.807) is 7.05 Å². The SMILES string of the molecule is CCCN(CCN(CCN(CC[C@H](C)CC)CC(=O)O)CC(=O)NCc1cc(C)cc(/C(=N/N)NNC)c1)CC(=O)O. The first-order chi connectivity index (χ1) is 20.0. The van der Waals surface area contributed by atoms with Crippen LogP contribution in [-0.4, -0.2) is 115 Å². The molecule has 1 aromatic carbocycles. The molecule has 0 aliphatic rings. The van der Waals surface area contributed by atoms with Gasteiger partial charge in [-0.2, -0.15) is 5.10 Å².